The van der Waals surface area contributed by atoms with E-state index in [-0.39, 0.29) is 6.15 Å². The van der Waals surface area contributed by atoms with E-state index in [1.165, 1.54) is 0 Å². The molecule has 0 amide bonds. The molecule has 1 atom stereocenters. The van der Waals surface area contributed by atoms with Gasteiger partial charge in [0.1, 0.15) is 0 Å². The highest BCUT2D eigenvalue weighted by Crippen LogP contribution is 2.62. The predicted octanol–water partition coefficient (Wildman–Crippen LogP) is 5.04. The Labute approximate surface area is 144 Å². The zero-order chi connectivity index (χ0) is 22.7. The normalized spacial score (nSPS) is 16.4. The fourth-order valence-electron chi connectivity index (χ4n) is 1.38. The molecule has 3 nitrogen and oxygen atoms in total. The van der Waals surface area contributed by atoms with Crippen molar-refractivity contribution >= 4 is 5.97 Å². The Hall–Kier alpha value is -1.62. The second kappa shape index (κ2) is 7.01. The van der Waals surface area contributed by atoms with Crippen molar-refractivity contribution in [3.63, 3.8) is 0 Å². The first-order valence-electron chi connectivity index (χ1n) is 5.91. The van der Waals surface area contributed by atoms with Crippen LogP contribution in [0.1, 0.15) is 6.92 Å². The molecule has 0 radical (unpaired) electrons. The van der Waals surface area contributed by atoms with Crippen molar-refractivity contribution in [2.45, 2.75) is 54.6 Å². The lowest BCUT2D eigenvalue weighted by Gasteiger charge is -2.42. The average molecular weight is 459 g/mol. The average Bonchev–Trinajstić information content (AvgIpc) is 2.45. The quantitative estimate of drug-likeness (QED) is 0.500. The zero-order valence-corrected chi connectivity index (χ0v) is 12.8. The van der Waals surface area contributed by atoms with E-state index in [0.29, 0.717) is 0 Å². The van der Waals surface area contributed by atoms with Crippen LogP contribution in [0, 0.1) is 0 Å². The number of carboxylic acids is 1. The standard InChI is InChI=1S/C10H5F15O2.H3N/c1-2(11)4(12,13)6(16,17)8(20,21)10(24,25)9(22,23)7(18,19)5(14,15)3(26)27;/h2H,1H3,(H,26,27);1H3. The third-order valence-corrected chi connectivity index (χ3v) is 3.16. The first-order valence-corrected chi connectivity index (χ1v) is 5.91. The van der Waals surface area contributed by atoms with Crippen LogP contribution in [0.25, 0.3) is 0 Å². The van der Waals surface area contributed by atoms with Crippen LogP contribution in [0.4, 0.5) is 65.9 Å². The molecule has 0 aliphatic carbocycles. The van der Waals surface area contributed by atoms with E-state index >= 15 is 0 Å². The molecule has 18 heteroatoms. The highest BCUT2D eigenvalue weighted by molar-refractivity contribution is 5.77. The van der Waals surface area contributed by atoms with Gasteiger partial charge < -0.3 is 11.3 Å². The number of rotatable bonds is 8. The van der Waals surface area contributed by atoms with Crippen LogP contribution in [-0.4, -0.2) is 58.7 Å². The molecule has 170 valence electrons. The molecule has 0 bridgehead atoms. The molecule has 0 heterocycles. The number of hydrogen-bond acceptors (Lipinski definition) is 2. The number of halogens is 15. The Morgan fingerprint density at radius 2 is 0.893 bits per heavy atom. The summed E-state index contributed by atoms with van der Waals surface area (Å²) in [5, 5.41) is 7.66. The largest absolute Gasteiger partial charge is 0.477 e. The molecule has 0 saturated carbocycles. The lowest BCUT2D eigenvalue weighted by Crippen LogP contribution is -2.74. The molecule has 0 aliphatic heterocycles. The highest BCUT2D eigenvalue weighted by Gasteiger charge is 2.94. The van der Waals surface area contributed by atoms with Crippen LogP contribution in [-0.2, 0) is 4.79 Å². The van der Waals surface area contributed by atoms with Gasteiger partial charge >= 0.3 is 47.4 Å². The van der Waals surface area contributed by atoms with Crippen LogP contribution < -0.4 is 6.15 Å². The fourth-order valence-corrected chi connectivity index (χ4v) is 1.38. The highest BCUT2D eigenvalue weighted by atomic mass is 19.4. The molecule has 1 unspecified atom stereocenters. The topological polar surface area (TPSA) is 72.3 Å². The van der Waals surface area contributed by atoms with Gasteiger partial charge in [-0.1, -0.05) is 0 Å². The minimum absolute atomic E-state index is 0. The molecule has 0 aromatic heterocycles. The Bertz CT molecular complexity index is 585. The second-order valence-corrected chi connectivity index (χ2v) is 4.99. The molecule has 0 fully saturated rings. The number of carbonyl (C=O) groups is 1. The number of carboxylic acid groups (broad SMARTS) is 1. The van der Waals surface area contributed by atoms with E-state index < -0.39 is 60.5 Å². The summed E-state index contributed by atoms with van der Waals surface area (Å²) in [7, 11) is 0. The van der Waals surface area contributed by atoms with E-state index in [2.05, 4.69) is 0 Å². The maximum Gasteiger partial charge on any atom is 0.410 e. The molecular formula is C10H8F15NO2. The summed E-state index contributed by atoms with van der Waals surface area (Å²) in [6, 6.07) is 0. The first kappa shape index (κ1) is 28.6. The molecule has 0 aliphatic rings. The van der Waals surface area contributed by atoms with Gasteiger partial charge in [0, 0.05) is 0 Å². The third kappa shape index (κ3) is 3.22. The lowest BCUT2D eigenvalue weighted by molar-refractivity contribution is -0.441. The smallest absolute Gasteiger partial charge is 0.410 e. The molecule has 28 heavy (non-hydrogen) atoms. The van der Waals surface area contributed by atoms with Gasteiger partial charge in [0.15, 0.2) is 6.17 Å². The second-order valence-electron chi connectivity index (χ2n) is 4.99. The van der Waals surface area contributed by atoms with Gasteiger partial charge in [-0.05, 0) is 6.92 Å². The van der Waals surface area contributed by atoms with Gasteiger partial charge in [0.25, 0.3) is 0 Å². The van der Waals surface area contributed by atoms with Crippen LogP contribution in [0.2, 0.25) is 0 Å². The van der Waals surface area contributed by atoms with Crippen molar-refractivity contribution in [3.05, 3.63) is 0 Å². The van der Waals surface area contributed by atoms with Gasteiger partial charge in [-0.25, -0.2) is 9.18 Å². The SMILES string of the molecule is CC(F)C(F)(F)C(F)(F)C(F)(F)C(F)(F)C(F)(F)C(F)(F)C(F)(F)C(=O)O.N. The number of hydrogen-bond donors (Lipinski definition) is 2. The van der Waals surface area contributed by atoms with Gasteiger partial charge in [-0.2, -0.15) is 61.5 Å². The molecule has 0 rings (SSSR count). The predicted molar refractivity (Wildman–Crippen MR) is 57.9 cm³/mol. The Morgan fingerprint density at radius 1 is 0.643 bits per heavy atom. The number of alkyl halides is 15. The first-order chi connectivity index (χ1) is 11.4. The summed E-state index contributed by atoms with van der Waals surface area (Å²) < 4.78 is 193. The lowest BCUT2D eigenvalue weighted by atomic mass is 9.88. The van der Waals surface area contributed by atoms with Crippen molar-refractivity contribution < 1.29 is 75.8 Å². The van der Waals surface area contributed by atoms with E-state index in [0.717, 1.165) is 0 Å². The summed E-state index contributed by atoms with van der Waals surface area (Å²) in [6.07, 6.45) is -4.43. The minimum atomic E-state index is -8.41. The van der Waals surface area contributed by atoms with E-state index in [4.69, 9.17) is 5.11 Å². The Balaban J connectivity index is 0. The van der Waals surface area contributed by atoms with Gasteiger partial charge in [0.2, 0.25) is 0 Å². The van der Waals surface area contributed by atoms with E-state index in [1.807, 2.05) is 0 Å². The monoisotopic (exact) mass is 459 g/mol. The summed E-state index contributed by atoms with van der Waals surface area (Å²) >= 11 is 0. The van der Waals surface area contributed by atoms with Crippen LogP contribution in [0.15, 0.2) is 0 Å². The maximum absolute atomic E-state index is 13.1. The van der Waals surface area contributed by atoms with Crippen molar-refractivity contribution in [1.29, 1.82) is 0 Å². The molecule has 0 spiro atoms. The van der Waals surface area contributed by atoms with Crippen molar-refractivity contribution in [2.24, 2.45) is 0 Å². The van der Waals surface area contributed by atoms with Gasteiger partial charge in [-0.15, -0.1) is 0 Å². The van der Waals surface area contributed by atoms with E-state index in [9.17, 15) is 70.7 Å². The van der Waals surface area contributed by atoms with Crippen molar-refractivity contribution in [3.8, 4) is 0 Å². The van der Waals surface area contributed by atoms with E-state index in [1.54, 1.807) is 0 Å². The minimum Gasteiger partial charge on any atom is -0.477 e. The van der Waals surface area contributed by atoms with Crippen molar-refractivity contribution in [1.82, 2.24) is 6.15 Å². The molecule has 0 saturated heterocycles. The summed E-state index contributed by atoms with van der Waals surface area (Å²) in [5.41, 5.74) is 0. The Kier molecular flexibility index (Phi) is 7.16. The third-order valence-electron chi connectivity index (χ3n) is 3.16. The van der Waals surface area contributed by atoms with Crippen molar-refractivity contribution in [2.75, 3.05) is 0 Å². The molecular weight excluding hydrogens is 451 g/mol. The summed E-state index contributed by atoms with van der Waals surface area (Å²) in [6.45, 7) is -0.618. The zero-order valence-electron chi connectivity index (χ0n) is 12.8. The molecule has 0 aromatic carbocycles. The van der Waals surface area contributed by atoms with Crippen LogP contribution in [0.3, 0.4) is 0 Å². The molecule has 0 aromatic rings. The fraction of sp³-hybridized carbons (Fsp3) is 0.900. The number of aliphatic carboxylic acids is 1. The maximum atomic E-state index is 13.1. The van der Waals surface area contributed by atoms with Gasteiger partial charge in [-0.3, -0.25) is 0 Å². The Morgan fingerprint density at radius 3 is 1.14 bits per heavy atom. The van der Waals surface area contributed by atoms with Crippen LogP contribution >= 0.6 is 0 Å². The molecule has 4 N–H and O–H groups in total. The summed E-state index contributed by atoms with van der Waals surface area (Å²) in [4.78, 5) is 9.82. The van der Waals surface area contributed by atoms with Crippen LogP contribution in [0.5, 0.6) is 0 Å². The van der Waals surface area contributed by atoms with Gasteiger partial charge in [0.05, 0.1) is 0 Å². The summed E-state index contributed by atoms with van der Waals surface area (Å²) in [5.74, 6) is -59.1.